The third kappa shape index (κ3) is 2.16. The van der Waals surface area contributed by atoms with Gasteiger partial charge in [0.1, 0.15) is 5.75 Å². The van der Waals surface area contributed by atoms with Crippen LogP contribution in [0.25, 0.3) is 0 Å². The molecule has 0 radical (unpaired) electrons. The molecule has 0 bridgehead atoms. The summed E-state index contributed by atoms with van der Waals surface area (Å²) in [6, 6.07) is 6.47. The SMILES string of the molecule is COc1ccc2c(c1)CCN=C2C1CCCCC1. The Hall–Kier alpha value is -1.31. The second-order valence-corrected chi connectivity index (χ2v) is 5.37. The van der Waals surface area contributed by atoms with Gasteiger partial charge in [-0.05, 0) is 48.6 Å². The Morgan fingerprint density at radius 1 is 1.17 bits per heavy atom. The summed E-state index contributed by atoms with van der Waals surface area (Å²) in [5.41, 5.74) is 4.18. The van der Waals surface area contributed by atoms with Crippen molar-refractivity contribution in [2.24, 2.45) is 10.9 Å². The fourth-order valence-electron chi connectivity index (χ4n) is 3.26. The maximum absolute atomic E-state index is 5.32. The van der Waals surface area contributed by atoms with Crippen molar-refractivity contribution in [3.63, 3.8) is 0 Å². The molecule has 1 aromatic rings. The summed E-state index contributed by atoms with van der Waals surface area (Å²) < 4.78 is 5.32. The van der Waals surface area contributed by atoms with Crippen LogP contribution in [0.15, 0.2) is 23.2 Å². The minimum atomic E-state index is 0.700. The molecule has 96 valence electrons. The van der Waals surface area contributed by atoms with E-state index in [1.165, 1.54) is 48.9 Å². The van der Waals surface area contributed by atoms with E-state index in [2.05, 4.69) is 18.2 Å². The molecule has 0 amide bonds. The van der Waals surface area contributed by atoms with E-state index in [9.17, 15) is 0 Å². The molecule has 0 spiro atoms. The highest BCUT2D eigenvalue weighted by atomic mass is 16.5. The number of fused-ring (bicyclic) bond motifs is 1. The molecule has 2 aliphatic rings. The van der Waals surface area contributed by atoms with Crippen LogP contribution in [0.1, 0.15) is 43.2 Å². The van der Waals surface area contributed by atoms with Gasteiger partial charge in [-0.2, -0.15) is 0 Å². The first-order valence-electron chi connectivity index (χ1n) is 7.10. The minimum Gasteiger partial charge on any atom is -0.497 e. The molecule has 1 fully saturated rings. The Morgan fingerprint density at radius 2 is 2.00 bits per heavy atom. The number of ether oxygens (including phenoxy) is 1. The van der Waals surface area contributed by atoms with E-state index in [0.29, 0.717) is 5.92 Å². The van der Waals surface area contributed by atoms with Crippen LogP contribution < -0.4 is 4.74 Å². The fourth-order valence-corrected chi connectivity index (χ4v) is 3.26. The molecule has 0 atom stereocenters. The van der Waals surface area contributed by atoms with E-state index in [4.69, 9.17) is 9.73 Å². The molecule has 3 rings (SSSR count). The van der Waals surface area contributed by atoms with Gasteiger partial charge in [-0.15, -0.1) is 0 Å². The van der Waals surface area contributed by atoms with Crippen molar-refractivity contribution in [2.75, 3.05) is 13.7 Å². The largest absolute Gasteiger partial charge is 0.497 e. The van der Waals surface area contributed by atoms with E-state index >= 15 is 0 Å². The number of nitrogens with zero attached hydrogens (tertiary/aromatic N) is 1. The first-order chi connectivity index (χ1) is 8.88. The topological polar surface area (TPSA) is 21.6 Å². The van der Waals surface area contributed by atoms with Crippen LogP contribution in [0, 0.1) is 5.92 Å². The highest BCUT2D eigenvalue weighted by molar-refractivity contribution is 6.04. The third-order valence-electron chi connectivity index (χ3n) is 4.24. The van der Waals surface area contributed by atoms with Crippen molar-refractivity contribution in [2.45, 2.75) is 38.5 Å². The van der Waals surface area contributed by atoms with Gasteiger partial charge in [0.05, 0.1) is 7.11 Å². The summed E-state index contributed by atoms with van der Waals surface area (Å²) in [5.74, 6) is 1.67. The average molecular weight is 243 g/mol. The Labute approximate surface area is 109 Å². The first-order valence-corrected chi connectivity index (χ1v) is 7.10. The van der Waals surface area contributed by atoms with Crippen LogP contribution in [0.2, 0.25) is 0 Å². The summed E-state index contributed by atoms with van der Waals surface area (Å²) in [7, 11) is 1.74. The van der Waals surface area contributed by atoms with Crippen molar-refractivity contribution in [3.8, 4) is 5.75 Å². The molecule has 2 nitrogen and oxygen atoms in total. The van der Waals surface area contributed by atoms with Gasteiger partial charge in [-0.1, -0.05) is 19.3 Å². The maximum atomic E-state index is 5.32. The molecule has 1 aliphatic carbocycles. The van der Waals surface area contributed by atoms with Gasteiger partial charge in [0.25, 0.3) is 0 Å². The molecular formula is C16H21NO. The van der Waals surface area contributed by atoms with Gasteiger partial charge < -0.3 is 4.74 Å². The number of hydrogen-bond donors (Lipinski definition) is 0. The molecule has 0 N–H and O–H groups in total. The van der Waals surface area contributed by atoms with Crippen LogP contribution in [0.5, 0.6) is 5.75 Å². The number of benzene rings is 1. The molecule has 0 aromatic heterocycles. The molecule has 1 heterocycles. The lowest BCUT2D eigenvalue weighted by Crippen LogP contribution is -2.23. The summed E-state index contributed by atoms with van der Waals surface area (Å²) in [6.07, 6.45) is 7.85. The fraction of sp³-hybridized carbons (Fsp3) is 0.562. The van der Waals surface area contributed by atoms with Gasteiger partial charge in [0.2, 0.25) is 0 Å². The number of aliphatic imine (C=N–C) groups is 1. The quantitative estimate of drug-likeness (QED) is 0.777. The van der Waals surface area contributed by atoms with Crippen molar-refractivity contribution < 1.29 is 4.74 Å². The smallest absolute Gasteiger partial charge is 0.119 e. The van der Waals surface area contributed by atoms with Crippen molar-refractivity contribution in [1.29, 1.82) is 0 Å². The summed E-state index contributed by atoms with van der Waals surface area (Å²) in [4.78, 5) is 4.83. The molecule has 2 heteroatoms. The molecule has 0 unspecified atom stereocenters. The van der Waals surface area contributed by atoms with Crippen LogP contribution in [-0.4, -0.2) is 19.4 Å². The average Bonchev–Trinajstić information content (AvgIpc) is 2.47. The van der Waals surface area contributed by atoms with Crippen LogP contribution in [-0.2, 0) is 6.42 Å². The van der Waals surface area contributed by atoms with Gasteiger partial charge >= 0.3 is 0 Å². The molecule has 1 aromatic carbocycles. The van der Waals surface area contributed by atoms with E-state index in [0.717, 1.165) is 18.7 Å². The molecule has 1 aliphatic heterocycles. The van der Waals surface area contributed by atoms with E-state index in [-0.39, 0.29) is 0 Å². The standard InChI is InChI=1S/C16H21NO/c1-18-14-7-8-15-13(11-14)9-10-17-16(15)12-5-3-2-4-6-12/h7-8,11-12H,2-6,9-10H2,1H3. The summed E-state index contributed by atoms with van der Waals surface area (Å²) in [6.45, 7) is 0.950. The number of hydrogen-bond acceptors (Lipinski definition) is 2. The van der Waals surface area contributed by atoms with Crippen molar-refractivity contribution >= 4 is 5.71 Å². The first kappa shape index (κ1) is 11.8. The second kappa shape index (κ2) is 5.13. The monoisotopic (exact) mass is 243 g/mol. The molecule has 18 heavy (non-hydrogen) atoms. The molecule has 0 saturated heterocycles. The van der Waals surface area contributed by atoms with Gasteiger partial charge in [0.15, 0.2) is 0 Å². The third-order valence-corrected chi connectivity index (χ3v) is 4.24. The lowest BCUT2D eigenvalue weighted by Gasteiger charge is -2.27. The van der Waals surface area contributed by atoms with Gasteiger partial charge in [0, 0.05) is 18.2 Å². The lowest BCUT2D eigenvalue weighted by molar-refractivity contribution is 0.414. The van der Waals surface area contributed by atoms with Gasteiger partial charge in [-0.3, -0.25) is 4.99 Å². The van der Waals surface area contributed by atoms with Crippen molar-refractivity contribution in [3.05, 3.63) is 29.3 Å². The second-order valence-electron chi connectivity index (χ2n) is 5.37. The minimum absolute atomic E-state index is 0.700. The highest BCUT2D eigenvalue weighted by Crippen LogP contribution is 2.31. The highest BCUT2D eigenvalue weighted by Gasteiger charge is 2.24. The van der Waals surface area contributed by atoms with Crippen LogP contribution in [0.3, 0.4) is 0 Å². The Bertz CT molecular complexity index is 458. The maximum Gasteiger partial charge on any atom is 0.119 e. The predicted octanol–water partition coefficient (Wildman–Crippen LogP) is 3.62. The van der Waals surface area contributed by atoms with E-state index in [1.54, 1.807) is 7.11 Å². The van der Waals surface area contributed by atoms with Crippen LogP contribution >= 0.6 is 0 Å². The lowest BCUT2D eigenvalue weighted by atomic mass is 9.81. The number of rotatable bonds is 2. The summed E-state index contributed by atoms with van der Waals surface area (Å²) >= 11 is 0. The van der Waals surface area contributed by atoms with Crippen LogP contribution in [0.4, 0.5) is 0 Å². The Morgan fingerprint density at radius 3 is 2.78 bits per heavy atom. The normalized spacial score (nSPS) is 20.2. The zero-order valence-electron chi connectivity index (χ0n) is 11.1. The molecular weight excluding hydrogens is 222 g/mol. The van der Waals surface area contributed by atoms with Crippen molar-refractivity contribution in [1.82, 2.24) is 0 Å². The summed E-state index contributed by atoms with van der Waals surface area (Å²) in [5, 5.41) is 0. The Kier molecular flexibility index (Phi) is 3.35. The van der Waals surface area contributed by atoms with E-state index in [1.807, 2.05) is 0 Å². The molecule has 1 saturated carbocycles. The zero-order chi connectivity index (χ0) is 12.4. The predicted molar refractivity (Wildman–Crippen MR) is 74.7 cm³/mol. The van der Waals surface area contributed by atoms with E-state index < -0.39 is 0 Å². The number of methoxy groups -OCH3 is 1. The zero-order valence-corrected chi connectivity index (χ0v) is 11.1. The Balaban J connectivity index is 1.91. The van der Waals surface area contributed by atoms with Gasteiger partial charge in [-0.25, -0.2) is 0 Å².